The van der Waals surface area contributed by atoms with Gasteiger partial charge < -0.3 is 4.74 Å². The summed E-state index contributed by atoms with van der Waals surface area (Å²) in [7, 11) is 0. The Kier molecular flexibility index (Phi) is 4.80. The molecule has 0 saturated carbocycles. The Morgan fingerprint density at radius 1 is 1.07 bits per heavy atom. The average Bonchev–Trinajstić information content (AvgIpc) is 2.61. The molecule has 1 aliphatic rings. The van der Waals surface area contributed by atoms with Crippen LogP contribution in [0.15, 0.2) is 54.1 Å². The molecular weight excluding hydrogens is 355 g/mol. The van der Waals surface area contributed by atoms with Crippen molar-refractivity contribution in [1.29, 1.82) is 0 Å². The van der Waals surface area contributed by atoms with Gasteiger partial charge in [-0.1, -0.05) is 30.3 Å². The van der Waals surface area contributed by atoms with Crippen molar-refractivity contribution >= 4 is 35.6 Å². The number of nitrogens with zero attached hydrogens (tertiary/aromatic N) is 1. The van der Waals surface area contributed by atoms with Crippen LogP contribution in [0.3, 0.4) is 0 Å². The van der Waals surface area contributed by atoms with Crippen molar-refractivity contribution in [3.63, 3.8) is 0 Å². The molecule has 7 nitrogen and oxygen atoms in total. The molecule has 0 unspecified atom stereocenters. The van der Waals surface area contributed by atoms with Gasteiger partial charge in [0, 0.05) is 12.5 Å². The fourth-order valence-corrected chi connectivity index (χ4v) is 2.51. The number of para-hydroxylation sites is 2. The third-order valence-electron chi connectivity index (χ3n) is 3.67. The molecule has 4 amide bonds. The number of carbonyl (C=O) groups is 4. The quantitative estimate of drug-likeness (QED) is 0.389. The van der Waals surface area contributed by atoms with Gasteiger partial charge in [-0.2, -0.15) is 0 Å². The molecule has 0 aliphatic carbocycles. The number of hydrogen-bond donors (Lipinski definition) is 1. The molecule has 8 heteroatoms. The van der Waals surface area contributed by atoms with Gasteiger partial charge in [-0.15, -0.1) is 0 Å². The minimum absolute atomic E-state index is 0.132. The van der Waals surface area contributed by atoms with E-state index in [1.54, 1.807) is 12.1 Å². The van der Waals surface area contributed by atoms with E-state index < -0.39 is 35.2 Å². The van der Waals surface area contributed by atoms with Gasteiger partial charge in [-0.3, -0.25) is 19.7 Å². The predicted molar refractivity (Wildman–Crippen MR) is 93.2 cm³/mol. The number of esters is 1. The molecule has 0 atom stereocenters. The van der Waals surface area contributed by atoms with E-state index >= 15 is 0 Å². The van der Waals surface area contributed by atoms with Crippen LogP contribution < -0.4 is 15.0 Å². The van der Waals surface area contributed by atoms with Crippen LogP contribution in [-0.4, -0.2) is 23.8 Å². The van der Waals surface area contributed by atoms with E-state index in [0.29, 0.717) is 4.90 Å². The summed E-state index contributed by atoms with van der Waals surface area (Å²) in [5, 5.41) is 2.00. The Bertz CT molecular complexity index is 999. The number of carbonyl (C=O) groups excluding carboxylic acids is 4. The van der Waals surface area contributed by atoms with Gasteiger partial charge in [0.15, 0.2) is 0 Å². The fourth-order valence-electron chi connectivity index (χ4n) is 2.51. The van der Waals surface area contributed by atoms with Crippen molar-refractivity contribution in [2.75, 3.05) is 4.90 Å². The number of benzene rings is 2. The van der Waals surface area contributed by atoms with Crippen molar-refractivity contribution in [2.45, 2.75) is 6.92 Å². The zero-order valence-electron chi connectivity index (χ0n) is 14.1. The van der Waals surface area contributed by atoms with Gasteiger partial charge in [0.1, 0.15) is 17.1 Å². The van der Waals surface area contributed by atoms with Gasteiger partial charge in [0.05, 0.1) is 5.69 Å². The topological polar surface area (TPSA) is 92.8 Å². The molecule has 0 aromatic heterocycles. The number of nitrogens with one attached hydrogen (secondary N) is 1. The van der Waals surface area contributed by atoms with E-state index in [4.69, 9.17) is 4.74 Å². The second-order valence-electron chi connectivity index (χ2n) is 5.54. The van der Waals surface area contributed by atoms with Gasteiger partial charge in [-0.05, 0) is 24.3 Å². The average molecular weight is 368 g/mol. The number of anilines is 1. The van der Waals surface area contributed by atoms with Gasteiger partial charge in [-0.25, -0.2) is 14.1 Å². The first kappa shape index (κ1) is 18.0. The minimum atomic E-state index is -1.06. The number of hydrogen-bond acceptors (Lipinski definition) is 5. The molecule has 0 radical (unpaired) electrons. The molecule has 1 N–H and O–H groups in total. The standard InChI is InChI=1S/C19H13FN2O5/c1-11(23)27-16-9-5-2-6-12(16)10-13-17(24)21-19(26)22(18(13)25)15-8-4-3-7-14(15)20/h2-10H,1H3,(H,21,24,26). The van der Waals surface area contributed by atoms with Crippen LogP contribution in [0.25, 0.3) is 6.08 Å². The lowest BCUT2D eigenvalue weighted by molar-refractivity contribution is -0.132. The van der Waals surface area contributed by atoms with Crippen molar-refractivity contribution < 1.29 is 28.3 Å². The summed E-state index contributed by atoms with van der Waals surface area (Å²) < 4.78 is 19.1. The third-order valence-corrected chi connectivity index (χ3v) is 3.67. The number of barbiturate groups is 1. The highest BCUT2D eigenvalue weighted by Crippen LogP contribution is 2.26. The van der Waals surface area contributed by atoms with Gasteiger partial charge in [0.2, 0.25) is 0 Å². The molecule has 1 fully saturated rings. The molecule has 27 heavy (non-hydrogen) atoms. The SMILES string of the molecule is CC(=O)Oc1ccccc1C=C1C(=O)NC(=O)N(c2ccccc2F)C1=O. The molecule has 136 valence electrons. The third kappa shape index (κ3) is 3.59. The smallest absolute Gasteiger partial charge is 0.336 e. The van der Waals surface area contributed by atoms with Crippen LogP contribution in [0.1, 0.15) is 12.5 Å². The zero-order chi connectivity index (χ0) is 19.6. The Hall–Kier alpha value is -3.81. The first-order chi connectivity index (χ1) is 12.9. The Morgan fingerprint density at radius 2 is 1.74 bits per heavy atom. The number of amides is 4. The van der Waals surface area contributed by atoms with Crippen molar-refractivity contribution in [1.82, 2.24) is 5.32 Å². The van der Waals surface area contributed by atoms with E-state index in [2.05, 4.69) is 0 Å². The number of imide groups is 2. The van der Waals surface area contributed by atoms with E-state index in [1.165, 1.54) is 43.3 Å². The van der Waals surface area contributed by atoms with Crippen LogP contribution in [0.5, 0.6) is 5.75 Å². The second kappa shape index (κ2) is 7.20. The highest BCUT2D eigenvalue weighted by atomic mass is 19.1. The normalized spacial score (nSPS) is 15.7. The lowest BCUT2D eigenvalue weighted by Crippen LogP contribution is -2.54. The number of rotatable bonds is 3. The van der Waals surface area contributed by atoms with E-state index in [9.17, 15) is 23.6 Å². The van der Waals surface area contributed by atoms with Crippen molar-refractivity contribution in [3.8, 4) is 5.75 Å². The minimum Gasteiger partial charge on any atom is -0.426 e. The monoisotopic (exact) mass is 368 g/mol. The van der Waals surface area contributed by atoms with Gasteiger partial charge >= 0.3 is 12.0 Å². The molecule has 2 aromatic rings. The van der Waals surface area contributed by atoms with Crippen LogP contribution in [0, 0.1) is 5.82 Å². The van der Waals surface area contributed by atoms with Crippen LogP contribution in [0.4, 0.5) is 14.9 Å². The molecule has 0 bridgehead atoms. The Balaban J connectivity index is 2.06. The fraction of sp³-hybridized carbons (Fsp3) is 0.0526. The van der Waals surface area contributed by atoms with Crippen molar-refractivity contribution in [3.05, 3.63) is 65.5 Å². The van der Waals surface area contributed by atoms with E-state index in [1.807, 2.05) is 5.32 Å². The summed E-state index contributed by atoms with van der Waals surface area (Å²) >= 11 is 0. The maximum Gasteiger partial charge on any atom is 0.336 e. The Labute approximate surface area is 153 Å². The molecule has 2 aromatic carbocycles. The summed E-state index contributed by atoms with van der Waals surface area (Å²) in [6, 6.07) is 10.4. The highest BCUT2D eigenvalue weighted by molar-refractivity contribution is 6.39. The van der Waals surface area contributed by atoms with Crippen LogP contribution in [-0.2, 0) is 14.4 Å². The van der Waals surface area contributed by atoms with Crippen molar-refractivity contribution in [2.24, 2.45) is 0 Å². The molecule has 3 rings (SSSR count). The number of ether oxygens (including phenoxy) is 1. The Morgan fingerprint density at radius 3 is 2.44 bits per heavy atom. The maximum atomic E-state index is 14.0. The van der Waals surface area contributed by atoms with Crippen LogP contribution in [0.2, 0.25) is 0 Å². The molecule has 1 aliphatic heterocycles. The first-order valence-electron chi connectivity index (χ1n) is 7.82. The number of urea groups is 1. The first-order valence-corrected chi connectivity index (χ1v) is 7.82. The summed E-state index contributed by atoms with van der Waals surface area (Å²) in [4.78, 5) is 48.8. The zero-order valence-corrected chi connectivity index (χ0v) is 14.1. The summed E-state index contributed by atoms with van der Waals surface area (Å²) in [6.45, 7) is 1.21. The molecule has 1 heterocycles. The lowest BCUT2D eigenvalue weighted by Gasteiger charge is -2.26. The summed E-state index contributed by atoms with van der Waals surface area (Å²) in [6.07, 6.45) is 1.18. The van der Waals surface area contributed by atoms with E-state index in [-0.39, 0.29) is 17.0 Å². The highest BCUT2D eigenvalue weighted by Gasteiger charge is 2.38. The second-order valence-corrected chi connectivity index (χ2v) is 5.54. The van der Waals surface area contributed by atoms with Crippen LogP contribution >= 0.6 is 0 Å². The molecule has 0 spiro atoms. The molecule has 1 saturated heterocycles. The predicted octanol–water partition coefficient (Wildman–Crippen LogP) is 2.42. The van der Waals surface area contributed by atoms with E-state index in [0.717, 1.165) is 6.07 Å². The lowest BCUT2D eigenvalue weighted by atomic mass is 10.1. The number of halogens is 1. The van der Waals surface area contributed by atoms with Gasteiger partial charge in [0.25, 0.3) is 11.8 Å². The summed E-state index contributed by atoms with van der Waals surface area (Å²) in [5.41, 5.74) is -0.418. The summed E-state index contributed by atoms with van der Waals surface area (Å²) in [5.74, 6) is -3.17. The molecular formula is C19H13FN2O5. The largest absolute Gasteiger partial charge is 0.426 e. The maximum absolute atomic E-state index is 14.0.